The maximum Gasteiger partial charge on any atom is 0.0999 e. The van der Waals surface area contributed by atoms with E-state index in [1.54, 1.807) is 0 Å². The van der Waals surface area contributed by atoms with Gasteiger partial charge in [-0.3, -0.25) is 5.10 Å². The van der Waals surface area contributed by atoms with Gasteiger partial charge in [0.05, 0.1) is 27.8 Å². The number of aromatic amines is 2. The van der Waals surface area contributed by atoms with E-state index in [1.165, 1.54) is 74.6 Å². The second kappa shape index (κ2) is 12.0. The summed E-state index contributed by atoms with van der Waals surface area (Å²) in [5.74, 6) is 0. The van der Waals surface area contributed by atoms with Crippen LogP contribution >= 0.6 is 11.3 Å². The summed E-state index contributed by atoms with van der Waals surface area (Å²) in [4.78, 5) is 3.90. The predicted octanol–water partition coefficient (Wildman–Crippen LogP) is 14.8. The average molecular weight is 757 g/mol. The van der Waals surface area contributed by atoms with Crippen LogP contribution in [0.2, 0.25) is 0 Å². The highest BCUT2D eigenvalue weighted by Crippen LogP contribution is 2.43. The molecular weight excluding hydrogens is 725 g/mol. The minimum absolute atomic E-state index is 0.964. The van der Waals surface area contributed by atoms with Crippen molar-refractivity contribution < 1.29 is 0 Å². The summed E-state index contributed by atoms with van der Waals surface area (Å²) in [6.45, 7) is 0. The highest BCUT2D eigenvalue weighted by Gasteiger charge is 2.20. The van der Waals surface area contributed by atoms with E-state index in [0.717, 1.165) is 50.0 Å². The van der Waals surface area contributed by atoms with Crippen molar-refractivity contribution in [3.63, 3.8) is 0 Å². The summed E-state index contributed by atoms with van der Waals surface area (Å²) in [6.07, 6.45) is 0. The number of benzene rings is 9. The summed E-state index contributed by atoms with van der Waals surface area (Å²) in [6, 6.07) is 66.3. The zero-order valence-electron chi connectivity index (χ0n) is 31.1. The van der Waals surface area contributed by atoms with Crippen molar-refractivity contribution in [1.29, 1.82) is 0 Å². The maximum atomic E-state index is 4.88. The first kappa shape index (κ1) is 31.7. The van der Waals surface area contributed by atoms with Crippen molar-refractivity contribution in [2.24, 2.45) is 0 Å². The van der Waals surface area contributed by atoms with Crippen LogP contribution in [0.15, 0.2) is 182 Å². The van der Waals surface area contributed by atoms with Gasteiger partial charge in [0.15, 0.2) is 0 Å². The second-order valence-electron chi connectivity index (χ2n) is 15.3. The molecule has 58 heavy (non-hydrogen) atoms. The largest absolute Gasteiger partial charge is 0.353 e. The molecule has 4 nitrogen and oxygen atoms in total. The lowest BCUT2D eigenvalue weighted by Gasteiger charge is -2.11. The van der Waals surface area contributed by atoms with Crippen LogP contribution < -0.4 is 0 Å². The molecule has 9 aromatic carbocycles. The summed E-state index contributed by atoms with van der Waals surface area (Å²) < 4.78 is 5.10. The van der Waals surface area contributed by atoms with Gasteiger partial charge in [-0.2, -0.15) is 5.10 Å². The van der Waals surface area contributed by atoms with Crippen LogP contribution in [-0.2, 0) is 0 Å². The van der Waals surface area contributed by atoms with Crippen molar-refractivity contribution in [1.82, 2.24) is 19.7 Å². The van der Waals surface area contributed by atoms with Gasteiger partial charge in [-0.25, -0.2) is 0 Å². The average Bonchev–Trinajstić information content (AvgIpc) is 4.06. The number of aromatic nitrogens is 4. The molecule has 0 fully saturated rings. The fourth-order valence-corrected chi connectivity index (χ4v) is 10.7. The van der Waals surface area contributed by atoms with Gasteiger partial charge in [0.1, 0.15) is 0 Å². The van der Waals surface area contributed by atoms with E-state index in [1.807, 2.05) is 11.3 Å². The zero-order valence-corrected chi connectivity index (χ0v) is 31.9. The number of fused-ring (bicyclic) bond motifs is 12. The third-order valence-electron chi connectivity index (χ3n) is 12.2. The monoisotopic (exact) mass is 756 g/mol. The Hall–Kier alpha value is -7.47. The molecule has 0 radical (unpaired) electrons. The minimum Gasteiger partial charge on any atom is -0.353 e. The van der Waals surface area contributed by atoms with E-state index in [4.69, 9.17) is 5.10 Å². The highest BCUT2D eigenvalue weighted by molar-refractivity contribution is 7.26. The van der Waals surface area contributed by atoms with E-state index in [0.29, 0.717) is 0 Å². The molecule has 13 rings (SSSR count). The van der Waals surface area contributed by atoms with Crippen molar-refractivity contribution in [2.75, 3.05) is 0 Å². The molecule has 5 heteroatoms. The topological polar surface area (TPSA) is 49.4 Å². The lowest BCUT2D eigenvalue weighted by molar-refractivity contribution is 1.12. The van der Waals surface area contributed by atoms with E-state index < -0.39 is 0 Å². The lowest BCUT2D eigenvalue weighted by Crippen LogP contribution is -1.95. The first-order chi connectivity index (χ1) is 28.7. The number of nitrogens with one attached hydrogen (secondary N) is 2. The van der Waals surface area contributed by atoms with Gasteiger partial charge >= 0.3 is 0 Å². The van der Waals surface area contributed by atoms with E-state index in [9.17, 15) is 0 Å². The molecule has 0 unspecified atom stereocenters. The van der Waals surface area contributed by atoms with Gasteiger partial charge in [0.25, 0.3) is 0 Å². The van der Waals surface area contributed by atoms with Crippen molar-refractivity contribution in [3.8, 4) is 39.2 Å². The number of hydrogen-bond acceptors (Lipinski definition) is 2. The Kier molecular flexibility index (Phi) is 6.57. The van der Waals surface area contributed by atoms with Crippen LogP contribution in [-0.4, -0.2) is 19.7 Å². The Morgan fingerprint density at radius 3 is 2.14 bits per heavy atom. The predicted molar refractivity (Wildman–Crippen MR) is 246 cm³/mol. The van der Waals surface area contributed by atoms with Gasteiger partial charge in [-0.1, -0.05) is 140 Å². The summed E-state index contributed by atoms with van der Waals surface area (Å²) in [5, 5.41) is 19.4. The maximum absolute atomic E-state index is 4.88. The molecule has 0 amide bonds. The van der Waals surface area contributed by atoms with Gasteiger partial charge in [-0.15, -0.1) is 11.3 Å². The Morgan fingerprint density at radius 1 is 0.448 bits per heavy atom. The van der Waals surface area contributed by atoms with Crippen molar-refractivity contribution in [2.45, 2.75) is 0 Å². The number of nitrogens with zero attached hydrogens (tertiary/aromatic N) is 2. The van der Waals surface area contributed by atoms with Crippen molar-refractivity contribution in [3.05, 3.63) is 182 Å². The molecule has 4 aromatic heterocycles. The third-order valence-corrected chi connectivity index (χ3v) is 13.4. The molecule has 2 N–H and O–H groups in total. The normalized spacial score (nSPS) is 12.1. The molecule has 0 atom stereocenters. The molecule has 0 bridgehead atoms. The van der Waals surface area contributed by atoms with Crippen LogP contribution in [0.5, 0.6) is 0 Å². The summed E-state index contributed by atoms with van der Waals surface area (Å²) in [5.41, 5.74) is 13.6. The first-order valence-corrected chi connectivity index (χ1v) is 20.5. The van der Waals surface area contributed by atoms with Gasteiger partial charge in [-0.05, 0) is 69.9 Å². The van der Waals surface area contributed by atoms with Crippen LogP contribution in [0.1, 0.15) is 0 Å². The van der Waals surface area contributed by atoms with Gasteiger partial charge < -0.3 is 9.55 Å². The van der Waals surface area contributed by atoms with E-state index in [2.05, 4.69) is 197 Å². The number of hydrogen-bond donors (Lipinski definition) is 2. The smallest absolute Gasteiger partial charge is 0.0999 e. The quantitative estimate of drug-likeness (QED) is 0.185. The minimum atomic E-state index is 0.964. The summed E-state index contributed by atoms with van der Waals surface area (Å²) in [7, 11) is 0. The molecule has 0 saturated heterocycles. The van der Waals surface area contributed by atoms with Crippen LogP contribution in [0, 0.1) is 0 Å². The SMILES string of the molecule is c1cc(-c2cccc3c(-c4ccc5ccccc5c4)n[nH]c23)cc(-n2c3ccccc3c3ccc4c5cc(-c6cccc7c6sc6ccccc67)ccc5[nH]c4c32)c1. The molecule has 0 spiro atoms. The lowest BCUT2D eigenvalue weighted by atomic mass is 9.99. The molecule has 270 valence electrons. The number of para-hydroxylation sites is 2. The molecule has 4 heterocycles. The molecule has 13 aromatic rings. The molecule has 0 aliphatic carbocycles. The fourth-order valence-electron chi connectivity index (χ4n) is 9.48. The molecular formula is C53H32N4S. The Morgan fingerprint density at radius 2 is 1.19 bits per heavy atom. The first-order valence-electron chi connectivity index (χ1n) is 19.7. The molecule has 0 aliphatic heterocycles. The third kappa shape index (κ3) is 4.53. The fraction of sp³-hybridized carbons (Fsp3) is 0. The van der Waals surface area contributed by atoms with E-state index in [-0.39, 0.29) is 0 Å². The van der Waals surface area contributed by atoms with Gasteiger partial charge in [0.2, 0.25) is 0 Å². The van der Waals surface area contributed by atoms with Crippen molar-refractivity contribution >= 4 is 96.8 Å². The molecule has 0 aliphatic rings. The highest BCUT2D eigenvalue weighted by atomic mass is 32.1. The number of H-pyrrole nitrogens is 2. The summed E-state index contributed by atoms with van der Waals surface area (Å²) >= 11 is 1.88. The Bertz CT molecular complexity index is 3820. The number of rotatable bonds is 4. The standard InChI is InChI=1S/C53H32N4S/c1-2-11-32-28-35(23-22-31(32)10-1)49-44-19-8-16-37(50(44)56-55-49)33-12-7-13-36(29-33)57-47-20-5-3-14-39(47)42-26-25-41-45-30-34(24-27-46(45)54-51(41)52(42)57)38-17-9-18-43-40-15-4-6-21-48(40)58-53(38)43/h1-30,54H,(H,55,56). The second-order valence-corrected chi connectivity index (χ2v) is 16.4. The Balaban J connectivity index is 0.985. The van der Waals surface area contributed by atoms with Crippen LogP contribution in [0.4, 0.5) is 0 Å². The number of thiophene rings is 1. The van der Waals surface area contributed by atoms with Crippen LogP contribution in [0.25, 0.3) is 125 Å². The zero-order chi connectivity index (χ0) is 37.9. The van der Waals surface area contributed by atoms with Gasteiger partial charge in [0, 0.05) is 69.4 Å². The van der Waals surface area contributed by atoms with E-state index >= 15 is 0 Å². The molecule has 0 saturated carbocycles. The van der Waals surface area contributed by atoms with Crippen LogP contribution in [0.3, 0.4) is 0 Å². The Labute approximate surface area is 336 Å².